The molecule has 0 aromatic heterocycles. The van der Waals surface area contributed by atoms with Crippen molar-refractivity contribution in [3.05, 3.63) is 0 Å². The van der Waals surface area contributed by atoms with Crippen LogP contribution in [0.2, 0.25) is 0 Å². The van der Waals surface area contributed by atoms with Crippen molar-refractivity contribution in [2.45, 2.75) is 103 Å². The van der Waals surface area contributed by atoms with Gasteiger partial charge in [-0.2, -0.15) is 0 Å². The Hall–Kier alpha value is 0.440. The van der Waals surface area contributed by atoms with Gasteiger partial charge in [0.25, 0.3) is 0 Å². The predicted octanol–water partition coefficient (Wildman–Crippen LogP) is 6.55. The van der Waals surface area contributed by atoms with Gasteiger partial charge in [-0.3, -0.25) is 4.90 Å². The Labute approximate surface area is 142 Å². The van der Waals surface area contributed by atoms with Crippen LogP contribution in [-0.4, -0.2) is 29.4 Å². The number of hydrogen-bond acceptors (Lipinski definition) is 1. The Bertz CT molecular complexity index is 220. The zero-order valence-electron chi connectivity index (χ0n) is 14.4. The summed E-state index contributed by atoms with van der Waals surface area (Å²) in [5.41, 5.74) is 0. The van der Waals surface area contributed by atoms with Gasteiger partial charge in [0.05, 0.1) is 0 Å². The fraction of sp³-hybridized carbons (Fsp3) is 1.00. The van der Waals surface area contributed by atoms with Gasteiger partial charge in [0.1, 0.15) is 0 Å². The molecule has 0 radical (unpaired) electrons. The third-order valence-electron chi connectivity index (χ3n) is 4.98. The van der Waals surface area contributed by atoms with E-state index in [0.717, 1.165) is 6.04 Å². The van der Waals surface area contributed by atoms with Crippen molar-refractivity contribution in [3.8, 4) is 0 Å². The first kappa shape index (κ1) is 19.5. The van der Waals surface area contributed by atoms with Gasteiger partial charge >= 0.3 is 0 Å². The van der Waals surface area contributed by atoms with E-state index in [9.17, 15) is 0 Å². The van der Waals surface area contributed by atoms with Crippen molar-refractivity contribution in [2.24, 2.45) is 0 Å². The largest absolute Gasteiger partial charge is 0.300 e. The van der Waals surface area contributed by atoms with E-state index in [1.54, 1.807) is 0 Å². The topological polar surface area (TPSA) is 3.24 Å². The fourth-order valence-corrected chi connectivity index (χ4v) is 4.24. The molecule has 0 N–H and O–H groups in total. The molecule has 21 heavy (non-hydrogen) atoms. The minimum absolute atomic E-state index is 0.811. The van der Waals surface area contributed by atoms with E-state index >= 15 is 0 Å². The Morgan fingerprint density at radius 1 is 0.810 bits per heavy atom. The molecule has 126 valence electrons. The van der Waals surface area contributed by atoms with Crippen LogP contribution in [0.5, 0.6) is 0 Å². The van der Waals surface area contributed by atoms with Crippen LogP contribution >= 0.6 is 15.9 Å². The number of likely N-dealkylation sites (tertiary alicyclic amines) is 1. The molecule has 0 aromatic carbocycles. The second-order valence-electron chi connectivity index (χ2n) is 6.88. The van der Waals surface area contributed by atoms with Crippen LogP contribution in [0.15, 0.2) is 0 Å². The summed E-state index contributed by atoms with van der Waals surface area (Å²) in [7, 11) is 0. The number of rotatable bonds is 12. The normalized spacial score (nSPS) is 20.6. The Morgan fingerprint density at radius 3 is 2.05 bits per heavy atom. The standard InChI is InChI=1S/C19H38BrN/c1-2-3-4-5-6-7-8-9-10-13-16-21-17-14-11-12-15-19(21)18-20/h19H,2-18H2,1H3. The molecule has 2 heteroatoms. The van der Waals surface area contributed by atoms with Gasteiger partial charge in [0, 0.05) is 11.4 Å². The molecule has 1 heterocycles. The Morgan fingerprint density at radius 2 is 1.43 bits per heavy atom. The SMILES string of the molecule is CCCCCCCCCCCCN1CCCCCC1CBr. The van der Waals surface area contributed by atoms with Crippen LogP contribution in [0.3, 0.4) is 0 Å². The van der Waals surface area contributed by atoms with E-state index in [0.29, 0.717) is 0 Å². The van der Waals surface area contributed by atoms with E-state index in [-0.39, 0.29) is 0 Å². The zero-order valence-corrected chi connectivity index (χ0v) is 16.0. The highest BCUT2D eigenvalue weighted by molar-refractivity contribution is 9.09. The molecule has 0 aliphatic carbocycles. The van der Waals surface area contributed by atoms with Gasteiger partial charge in [0.15, 0.2) is 0 Å². The monoisotopic (exact) mass is 359 g/mol. The fourth-order valence-electron chi connectivity index (χ4n) is 3.51. The van der Waals surface area contributed by atoms with Crippen LogP contribution in [0.25, 0.3) is 0 Å². The van der Waals surface area contributed by atoms with Crippen molar-refractivity contribution in [3.63, 3.8) is 0 Å². The number of unbranched alkanes of at least 4 members (excludes halogenated alkanes) is 9. The smallest absolute Gasteiger partial charge is 0.0192 e. The average molecular weight is 360 g/mol. The summed E-state index contributed by atoms with van der Waals surface area (Å²) in [6.07, 6.45) is 20.2. The maximum atomic E-state index is 3.71. The highest BCUT2D eigenvalue weighted by Crippen LogP contribution is 2.19. The summed E-state index contributed by atoms with van der Waals surface area (Å²) in [5.74, 6) is 0. The third kappa shape index (κ3) is 9.94. The van der Waals surface area contributed by atoms with Crippen LogP contribution in [0.1, 0.15) is 96.8 Å². The van der Waals surface area contributed by atoms with Crippen LogP contribution in [0.4, 0.5) is 0 Å². The lowest BCUT2D eigenvalue weighted by Crippen LogP contribution is -2.36. The maximum absolute atomic E-state index is 3.71. The summed E-state index contributed by atoms with van der Waals surface area (Å²) >= 11 is 3.71. The summed E-state index contributed by atoms with van der Waals surface area (Å²) in [5, 5.41) is 1.17. The lowest BCUT2D eigenvalue weighted by atomic mass is 10.1. The van der Waals surface area contributed by atoms with Crippen molar-refractivity contribution in [1.82, 2.24) is 4.90 Å². The first-order valence-electron chi connectivity index (χ1n) is 9.68. The molecule has 0 bridgehead atoms. The summed E-state index contributed by atoms with van der Waals surface area (Å²) in [6, 6.07) is 0.811. The molecule has 1 rings (SSSR count). The molecule has 0 amide bonds. The van der Waals surface area contributed by atoms with E-state index < -0.39 is 0 Å². The molecular weight excluding hydrogens is 322 g/mol. The molecule has 1 unspecified atom stereocenters. The van der Waals surface area contributed by atoms with Crippen LogP contribution in [0, 0.1) is 0 Å². The molecule has 1 nitrogen and oxygen atoms in total. The van der Waals surface area contributed by atoms with Gasteiger partial charge < -0.3 is 0 Å². The molecule has 0 saturated carbocycles. The quantitative estimate of drug-likeness (QED) is 0.282. The van der Waals surface area contributed by atoms with Crippen LogP contribution < -0.4 is 0 Å². The lowest BCUT2D eigenvalue weighted by Gasteiger charge is -2.28. The highest BCUT2D eigenvalue weighted by atomic mass is 79.9. The first-order chi connectivity index (χ1) is 10.4. The Kier molecular flexibility index (Phi) is 13.0. The van der Waals surface area contributed by atoms with Crippen LogP contribution in [-0.2, 0) is 0 Å². The number of nitrogens with zero attached hydrogens (tertiary/aromatic N) is 1. The number of alkyl halides is 1. The molecular formula is C19H38BrN. The van der Waals surface area contributed by atoms with Gasteiger partial charge in [-0.15, -0.1) is 0 Å². The third-order valence-corrected chi connectivity index (χ3v) is 5.72. The second kappa shape index (κ2) is 14.1. The van der Waals surface area contributed by atoms with Crippen molar-refractivity contribution in [1.29, 1.82) is 0 Å². The summed E-state index contributed by atoms with van der Waals surface area (Å²) in [4.78, 5) is 2.76. The van der Waals surface area contributed by atoms with Crippen molar-refractivity contribution >= 4 is 15.9 Å². The van der Waals surface area contributed by atoms with Gasteiger partial charge in [-0.1, -0.05) is 93.5 Å². The molecule has 0 spiro atoms. The Balaban J connectivity index is 1.93. The average Bonchev–Trinajstić information content (AvgIpc) is 2.74. The second-order valence-corrected chi connectivity index (χ2v) is 7.52. The van der Waals surface area contributed by atoms with Gasteiger partial charge in [0.2, 0.25) is 0 Å². The minimum Gasteiger partial charge on any atom is -0.300 e. The molecule has 1 aliphatic heterocycles. The van der Waals surface area contributed by atoms with E-state index in [2.05, 4.69) is 27.8 Å². The van der Waals surface area contributed by atoms with Gasteiger partial charge in [-0.25, -0.2) is 0 Å². The number of halogens is 1. The molecule has 0 aromatic rings. The van der Waals surface area contributed by atoms with Crippen molar-refractivity contribution in [2.75, 3.05) is 18.4 Å². The minimum atomic E-state index is 0.811. The number of hydrogen-bond donors (Lipinski definition) is 0. The highest BCUT2D eigenvalue weighted by Gasteiger charge is 2.18. The maximum Gasteiger partial charge on any atom is 0.0192 e. The lowest BCUT2D eigenvalue weighted by molar-refractivity contribution is 0.213. The molecule has 1 atom stereocenters. The molecule has 1 fully saturated rings. The predicted molar refractivity (Wildman–Crippen MR) is 99.5 cm³/mol. The van der Waals surface area contributed by atoms with E-state index in [4.69, 9.17) is 0 Å². The van der Waals surface area contributed by atoms with E-state index in [1.165, 1.54) is 108 Å². The summed E-state index contributed by atoms with van der Waals surface area (Å²) in [6.45, 7) is 4.98. The van der Waals surface area contributed by atoms with Crippen molar-refractivity contribution < 1.29 is 0 Å². The summed E-state index contributed by atoms with van der Waals surface area (Å²) < 4.78 is 0. The van der Waals surface area contributed by atoms with Gasteiger partial charge in [-0.05, 0) is 32.4 Å². The first-order valence-corrected chi connectivity index (χ1v) is 10.8. The molecule has 1 aliphatic rings. The van der Waals surface area contributed by atoms with E-state index in [1.807, 2.05) is 0 Å². The molecule has 1 saturated heterocycles. The zero-order chi connectivity index (χ0) is 15.2.